The summed E-state index contributed by atoms with van der Waals surface area (Å²) >= 11 is 0. The highest BCUT2D eigenvalue weighted by Gasteiger charge is 2.05. The average molecular weight is 223 g/mol. The van der Waals surface area contributed by atoms with Crippen LogP contribution in [0.25, 0.3) is 0 Å². The van der Waals surface area contributed by atoms with Gasteiger partial charge in [-0.2, -0.15) is 5.10 Å². The van der Waals surface area contributed by atoms with Crippen molar-refractivity contribution in [3.8, 4) is 0 Å². The van der Waals surface area contributed by atoms with Crippen LogP contribution in [0.3, 0.4) is 0 Å². The number of nitrogens with zero attached hydrogens (tertiary/aromatic N) is 2. The molecule has 0 aromatic carbocycles. The maximum Gasteiger partial charge on any atom is 0.147 e. The average Bonchev–Trinajstić information content (AvgIpc) is 2.69. The molecule has 1 N–H and O–H groups in total. The molecule has 0 fully saturated rings. The molecule has 1 aromatic heterocycles. The first-order chi connectivity index (χ1) is 7.76. The predicted molar refractivity (Wildman–Crippen MR) is 69.6 cm³/mol. The maximum atomic E-state index is 4.30. The molecule has 0 amide bonds. The summed E-state index contributed by atoms with van der Waals surface area (Å²) in [6.07, 6.45) is 8.57. The highest BCUT2D eigenvalue weighted by molar-refractivity contribution is 5.31. The van der Waals surface area contributed by atoms with Gasteiger partial charge < -0.3 is 5.32 Å². The third-order valence-electron chi connectivity index (χ3n) is 3.12. The Balaban J connectivity index is 2.17. The molecule has 0 spiro atoms. The van der Waals surface area contributed by atoms with Crippen LogP contribution >= 0.6 is 0 Å². The van der Waals surface area contributed by atoms with Crippen molar-refractivity contribution in [2.75, 3.05) is 11.9 Å². The lowest BCUT2D eigenvalue weighted by atomic mass is 9.96. The van der Waals surface area contributed by atoms with Crippen LogP contribution in [0.1, 0.15) is 46.0 Å². The third-order valence-corrected chi connectivity index (χ3v) is 3.12. The molecule has 0 bridgehead atoms. The normalized spacial score (nSPS) is 12.7. The lowest BCUT2D eigenvalue weighted by Gasteiger charge is -2.14. The molecule has 0 aliphatic rings. The van der Waals surface area contributed by atoms with Gasteiger partial charge in [0.15, 0.2) is 0 Å². The molecule has 1 heterocycles. The van der Waals surface area contributed by atoms with Gasteiger partial charge in [-0.3, -0.25) is 4.68 Å². The second kappa shape index (κ2) is 7.31. The van der Waals surface area contributed by atoms with Crippen LogP contribution < -0.4 is 5.32 Å². The Hall–Kier alpha value is -0.990. The van der Waals surface area contributed by atoms with Crippen molar-refractivity contribution in [1.82, 2.24) is 9.78 Å². The van der Waals surface area contributed by atoms with Crippen molar-refractivity contribution < 1.29 is 0 Å². The van der Waals surface area contributed by atoms with Gasteiger partial charge in [0.1, 0.15) is 5.82 Å². The molecular weight excluding hydrogens is 198 g/mol. The van der Waals surface area contributed by atoms with Crippen LogP contribution in [0.5, 0.6) is 0 Å². The number of unbranched alkanes of at least 4 members (excludes halogenated alkanes) is 1. The van der Waals surface area contributed by atoms with E-state index in [1.807, 2.05) is 24.0 Å². The topological polar surface area (TPSA) is 29.9 Å². The minimum absolute atomic E-state index is 0.871. The largest absolute Gasteiger partial charge is 0.369 e. The molecule has 3 heteroatoms. The zero-order chi connectivity index (χ0) is 11.8. The Morgan fingerprint density at radius 1 is 1.38 bits per heavy atom. The van der Waals surface area contributed by atoms with Gasteiger partial charge in [-0.15, -0.1) is 0 Å². The Kier molecular flexibility index (Phi) is 5.98. The first-order valence-electron chi connectivity index (χ1n) is 6.49. The van der Waals surface area contributed by atoms with Crippen molar-refractivity contribution >= 4 is 5.82 Å². The molecule has 92 valence electrons. The van der Waals surface area contributed by atoms with Crippen molar-refractivity contribution in [2.45, 2.75) is 46.0 Å². The van der Waals surface area contributed by atoms with Crippen molar-refractivity contribution in [3.05, 3.63) is 12.3 Å². The van der Waals surface area contributed by atoms with Crippen LogP contribution in [0.2, 0.25) is 0 Å². The summed E-state index contributed by atoms with van der Waals surface area (Å²) in [5.41, 5.74) is 0. The van der Waals surface area contributed by atoms with Gasteiger partial charge in [-0.1, -0.05) is 39.5 Å². The van der Waals surface area contributed by atoms with Crippen LogP contribution in [-0.2, 0) is 7.05 Å². The first-order valence-corrected chi connectivity index (χ1v) is 6.49. The number of rotatable bonds is 8. The summed E-state index contributed by atoms with van der Waals surface area (Å²) in [5.74, 6) is 1.86. The molecule has 0 radical (unpaired) electrons. The second-order valence-electron chi connectivity index (χ2n) is 4.51. The zero-order valence-corrected chi connectivity index (χ0v) is 10.9. The van der Waals surface area contributed by atoms with E-state index in [2.05, 4.69) is 24.3 Å². The van der Waals surface area contributed by atoms with Gasteiger partial charge in [-0.05, 0) is 12.3 Å². The summed E-state index contributed by atoms with van der Waals surface area (Å²) in [5, 5.41) is 7.68. The number of aryl methyl sites for hydroxylation is 1. The number of nitrogens with one attached hydrogen (secondary N) is 1. The molecule has 0 saturated carbocycles. The summed E-state index contributed by atoms with van der Waals surface area (Å²) in [7, 11) is 1.95. The van der Waals surface area contributed by atoms with Gasteiger partial charge in [0.25, 0.3) is 0 Å². The van der Waals surface area contributed by atoms with E-state index in [4.69, 9.17) is 0 Å². The number of hydrogen-bond donors (Lipinski definition) is 1. The van der Waals surface area contributed by atoms with E-state index in [9.17, 15) is 0 Å². The zero-order valence-electron chi connectivity index (χ0n) is 10.9. The van der Waals surface area contributed by atoms with E-state index in [1.54, 1.807) is 0 Å². The van der Waals surface area contributed by atoms with E-state index in [1.165, 1.54) is 32.1 Å². The third kappa shape index (κ3) is 4.69. The van der Waals surface area contributed by atoms with E-state index >= 15 is 0 Å². The Morgan fingerprint density at radius 3 is 2.75 bits per heavy atom. The highest BCUT2D eigenvalue weighted by atomic mass is 15.3. The summed E-state index contributed by atoms with van der Waals surface area (Å²) in [6, 6.07) is 2.02. The van der Waals surface area contributed by atoms with E-state index in [-0.39, 0.29) is 0 Å². The van der Waals surface area contributed by atoms with Crippen LogP contribution in [0.4, 0.5) is 5.82 Å². The predicted octanol–water partition coefficient (Wildman–Crippen LogP) is 3.44. The molecule has 3 nitrogen and oxygen atoms in total. The number of anilines is 1. The molecule has 1 atom stereocenters. The monoisotopic (exact) mass is 223 g/mol. The Labute approximate surface area is 99.2 Å². The van der Waals surface area contributed by atoms with Gasteiger partial charge >= 0.3 is 0 Å². The SMILES string of the molecule is CCCCC(CC)CCNc1ccn(C)n1. The molecular formula is C13H25N3. The van der Waals surface area contributed by atoms with Crippen LogP contribution in [-0.4, -0.2) is 16.3 Å². The summed E-state index contributed by atoms with van der Waals surface area (Å²) in [6.45, 7) is 5.60. The van der Waals surface area contributed by atoms with Gasteiger partial charge in [0.2, 0.25) is 0 Å². The van der Waals surface area contributed by atoms with Crippen LogP contribution in [0, 0.1) is 5.92 Å². The molecule has 0 aliphatic heterocycles. The van der Waals surface area contributed by atoms with Crippen molar-refractivity contribution in [2.24, 2.45) is 13.0 Å². The molecule has 0 saturated heterocycles. The van der Waals surface area contributed by atoms with E-state index in [0.717, 1.165) is 18.3 Å². The number of hydrogen-bond acceptors (Lipinski definition) is 2. The van der Waals surface area contributed by atoms with Crippen LogP contribution in [0.15, 0.2) is 12.3 Å². The minimum atomic E-state index is 0.871. The highest BCUT2D eigenvalue weighted by Crippen LogP contribution is 2.16. The lowest BCUT2D eigenvalue weighted by molar-refractivity contribution is 0.431. The molecule has 16 heavy (non-hydrogen) atoms. The Morgan fingerprint density at radius 2 is 2.19 bits per heavy atom. The Bertz CT molecular complexity index is 280. The first kappa shape index (κ1) is 13.1. The second-order valence-corrected chi connectivity index (χ2v) is 4.51. The van der Waals surface area contributed by atoms with E-state index in [0.29, 0.717) is 0 Å². The number of aromatic nitrogens is 2. The van der Waals surface area contributed by atoms with Gasteiger partial charge in [0.05, 0.1) is 0 Å². The fourth-order valence-corrected chi connectivity index (χ4v) is 1.96. The fraction of sp³-hybridized carbons (Fsp3) is 0.769. The maximum absolute atomic E-state index is 4.30. The lowest BCUT2D eigenvalue weighted by Crippen LogP contribution is -2.09. The standard InChI is InChI=1S/C13H25N3/c1-4-6-7-12(5-2)8-10-14-13-9-11-16(3)15-13/h9,11-12H,4-8,10H2,1-3H3,(H,14,15). The van der Waals surface area contributed by atoms with Crippen molar-refractivity contribution in [1.29, 1.82) is 0 Å². The smallest absolute Gasteiger partial charge is 0.147 e. The molecule has 1 unspecified atom stereocenters. The molecule has 1 aromatic rings. The van der Waals surface area contributed by atoms with Gasteiger partial charge in [0, 0.05) is 25.9 Å². The van der Waals surface area contributed by atoms with E-state index < -0.39 is 0 Å². The molecule has 1 rings (SSSR count). The molecule has 0 aliphatic carbocycles. The quantitative estimate of drug-likeness (QED) is 0.731. The summed E-state index contributed by atoms with van der Waals surface area (Å²) in [4.78, 5) is 0. The van der Waals surface area contributed by atoms with Gasteiger partial charge in [-0.25, -0.2) is 0 Å². The van der Waals surface area contributed by atoms with Crippen molar-refractivity contribution in [3.63, 3.8) is 0 Å². The summed E-state index contributed by atoms with van der Waals surface area (Å²) < 4.78 is 1.83. The fourth-order valence-electron chi connectivity index (χ4n) is 1.96. The minimum Gasteiger partial charge on any atom is -0.369 e.